The number of carbonyl (C=O) groups excluding carboxylic acids is 2. The Morgan fingerprint density at radius 3 is 2.38 bits per heavy atom. The van der Waals surface area contributed by atoms with Crippen LogP contribution in [-0.4, -0.2) is 29.1 Å². The van der Waals surface area contributed by atoms with E-state index in [9.17, 15) is 9.59 Å². The smallest absolute Gasteiger partial charge is 0.339 e. The minimum Gasteiger partial charge on any atom is -0.462 e. The van der Waals surface area contributed by atoms with Crippen LogP contribution >= 0.6 is 0 Å². The molecular weight excluding hydrogens is 328 g/mol. The Morgan fingerprint density at radius 1 is 1.15 bits per heavy atom. The predicted octanol–water partition coefficient (Wildman–Crippen LogP) is 3.86. The van der Waals surface area contributed by atoms with Crippen molar-refractivity contribution in [2.24, 2.45) is 0 Å². The van der Waals surface area contributed by atoms with E-state index in [0.717, 1.165) is 28.9 Å². The Hall–Kier alpha value is -2.56. The van der Waals surface area contributed by atoms with Crippen LogP contribution in [0.5, 0.6) is 0 Å². The minimum absolute atomic E-state index is 0.0678. The van der Waals surface area contributed by atoms with Gasteiger partial charge in [0.05, 0.1) is 12.2 Å². The van der Waals surface area contributed by atoms with Gasteiger partial charge in [0.15, 0.2) is 0 Å². The summed E-state index contributed by atoms with van der Waals surface area (Å²) in [5, 5.41) is 2.98. The maximum atomic E-state index is 12.4. The number of benzene rings is 1. The second-order valence-electron chi connectivity index (χ2n) is 6.58. The van der Waals surface area contributed by atoms with E-state index >= 15 is 0 Å². The number of hydrogen-bond acceptors (Lipinski definition) is 3. The molecule has 1 N–H and O–H groups in total. The van der Waals surface area contributed by atoms with Crippen LogP contribution in [0.2, 0.25) is 0 Å². The van der Waals surface area contributed by atoms with Crippen LogP contribution in [0.25, 0.3) is 11.3 Å². The maximum absolute atomic E-state index is 12.4. The molecule has 0 aliphatic carbocycles. The number of aromatic nitrogens is 1. The van der Waals surface area contributed by atoms with Gasteiger partial charge in [0, 0.05) is 17.4 Å². The SMILES string of the molecule is CCOC(=O)c1cc(-c2ccc(C)cc2)n(CC(=O)N[C@@H](C)CC)c1C. The summed E-state index contributed by atoms with van der Waals surface area (Å²) in [6.45, 7) is 10.1. The van der Waals surface area contributed by atoms with Crippen LogP contribution in [-0.2, 0) is 16.1 Å². The molecule has 0 saturated carbocycles. The molecule has 2 aromatic rings. The highest BCUT2D eigenvalue weighted by Gasteiger charge is 2.21. The van der Waals surface area contributed by atoms with E-state index in [1.807, 2.05) is 62.6 Å². The van der Waals surface area contributed by atoms with Crippen LogP contribution in [0, 0.1) is 13.8 Å². The van der Waals surface area contributed by atoms with Gasteiger partial charge in [0.25, 0.3) is 0 Å². The molecule has 1 aromatic heterocycles. The molecule has 1 amide bonds. The topological polar surface area (TPSA) is 60.3 Å². The monoisotopic (exact) mass is 356 g/mol. The third kappa shape index (κ3) is 4.54. The number of rotatable bonds is 7. The van der Waals surface area contributed by atoms with Crippen LogP contribution in [0.3, 0.4) is 0 Å². The summed E-state index contributed by atoms with van der Waals surface area (Å²) >= 11 is 0. The summed E-state index contributed by atoms with van der Waals surface area (Å²) in [5.41, 5.74) is 4.19. The lowest BCUT2D eigenvalue weighted by molar-refractivity contribution is -0.122. The lowest BCUT2D eigenvalue weighted by Gasteiger charge is -2.15. The highest BCUT2D eigenvalue weighted by Crippen LogP contribution is 2.27. The zero-order valence-electron chi connectivity index (χ0n) is 16.3. The van der Waals surface area contributed by atoms with Crippen LogP contribution in [0.4, 0.5) is 0 Å². The fraction of sp³-hybridized carbons (Fsp3) is 0.429. The molecule has 0 aliphatic heterocycles. The van der Waals surface area contributed by atoms with Crippen LogP contribution in [0.15, 0.2) is 30.3 Å². The van der Waals surface area contributed by atoms with E-state index in [1.54, 1.807) is 6.92 Å². The van der Waals surface area contributed by atoms with Crippen molar-refractivity contribution >= 4 is 11.9 Å². The highest BCUT2D eigenvalue weighted by molar-refractivity contribution is 5.93. The third-order valence-corrected chi connectivity index (χ3v) is 4.53. The average Bonchev–Trinajstić information content (AvgIpc) is 2.92. The molecule has 5 heteroatoms. The molecule has 140 valence electrons. The van der Waals surface area contributed by atoms with Gasteiger partial charge in [-0.15, -0.1) is 0 Å². The van der Waals surface area contributed by atoms with Crippen molar-refractivity contribution in [2.75, 3.05) is 6.61 Å². The fourth-order valence-electron chi connectivity index (χ4n) is 2.79. The summed E-state index contributed by atoms with van der Waals surface area (Å²) in [5.74, 6) is -0.429. The molecule has 0 aliphatic rings. The van der Waals surface area contributed by atoms with Crippen molar-refractivity contribution in [2.45, 2.75) is 53.6 Å². The Bertz CT molecular complexity index is 775. The number of nitrogens with zero attached hydrogens (tertiary/aromatic N) is 1. The van der Waals surface area contributed by atoms with Crippen molar-refractivity contribution in [3.63, 3.8) is 0 Å². The van der Waals surface area contributed by atoms with E-state index in [2.05, 4.69) is 5.32 Å². The molecule has 0 unspecified atom stereocenters. The molecule has 0 saturated heterocycles. The first-order valence-electron chi connectivity index (χ1n) is 9.11. The molecule has 0 spiro atoms. The van der Waals surface area contributed by atoms with Crippen molar-refractivity contribution in [1.82, 2.24) is 9.88 Å². The molecule has 1 aromatic carbocycles. The second-order valence-corrected chi connectivity index (χ2v) is 6.58. The van der Waals surface area contributed by atoms with E-state index in [0.29, 0.717) is 12.2 Å². The molecule has 2 rings (SSSR count). The lowest BCUT2D eigenvalue weighted by atomic mass is 10.1. The first-order valence-corrected chi connectivity index (χ1v) is 9.11. The normalized spacial score (nSPS) is 11.9. The van der Waals surface area contributed by atoms with Gasteiger partial charge in [-0.25, -0.2) is 4.79 Å². The molecule has 0 fully saturated rings. The summed E-state index contributed by atoms with van der Waals surface area (Å²) in [6, 6.07) is 9.97. The van der Waals surface area contributed by atoms with Gasteiger partial charge in [0.2, 0.25) is 5.91 Å². The Kier molecular flexibility index (Phi) is 6.61. The van der Waals surface area contributed by atoms with Gasteiger partial charge >= 0.3 is 5.97 Å². The van der Waals surface area contributed by atoms with Gasteiger partial charge in [-0.1, -0.05) is 36.8 Å². The summed E-state index contributed by atoms with van der Waals surface area (Å²) in [7, 11) is 0. The number of esters is 1. The summed E-state index contributed by atoms with van der Waals surface area (Å²) in [4.78, 5) is 24.7. The number of hydrogen-bond donors (Lipinski definition) is 1. The van der Waals surface area contributed by atoms with E-state index in [-0.39, 0.29) is 24.5 Å². The zero-order chi connectivity index (χ0) is 19.3. The quantitative estimate of drug-likeness (QED) is 0.766. The molecular formula is C21H28N2O3. The maximum Gasteiger partial charge on any atom is 0.339 e. The van der Waals surface area contributed by atoms with Gasteiger partial charge in [-0.2, -0.15) is 0 Å². The Morgan fingerprint density at radius 2 is 1.81 bits per heavy atom. The number of aryl methyl sites for hydroxylation is 1. The van der Waals surface area contributed by atoms with Crippen LogP contribution < -0.4 is 5.32 Å². The first-order chi connectivity index (χ1) is 12.4. The fourth-order valence-corrected chi connectivity index (χ4v) is 2.79. The summed E-state index contributed by atoms with van der Waals surface area (Å²) < 4.78 is 7.05. The lowest BCUT2D eigenvalue weighted by Crippen LogP contribution is -2.35. The van der Waals surface area contributed by atoms with E-state index in [4.69, 9.17) is 4.74 Å². The molecule has 0 bridgehead atoms. The Labute approximate surface area is 155 Å². The second kappa shape index (κ2) is 8.70. The van der Waals surface area contributed by atoms with Crippen molar-refractivity contribution in [1.29, 1.82) is 0 Å². The standard InChI is InChI=1S/C21H28N2O3/c1-6-15(4)22-20(24)13-23-16(5)18(21(25)26-7-2)12-19(23)17-10-8-14(3)9-11-17/h8-12,15H,6-7,13H2,1-5H3,(H,22,24)/t15-/m0/s1. The number of amides is 1. The molecule has 1 heterocycles. The molecule has 0 radical (unpaired) electrons. The zero-order valence-corrected chi connectivity index (χ0v) is 16.3. The number of carbonyl (C=O) groups is 2. The van der Waals surface area contributed by atoms with Crippen LogP contribution in [0.1, 0.15) is 48.8 Å². The third-order valence-electron chi connectivity index (χ3n) is 4.53. The molecule has 26 heavy (non-hydrogen) atoms. The van der Waals surface area contributed by atoms with Gasteiger partial charge in [0.1, 0.15) is 6.54 Å². The van der Waals surface area contributed by atoms with Gasteiger partial charge in [-0.05, 0) is 45.7 Å². The average molecular weight is 356 g/mol. The van der Waals surface area contributed by atoms with E-state index < -0.39 is 0 Å². The highest BCUT2D eigenvalue weighted by atomic mass is 16.5. The Balaban J connectivity index is 2.44. The van der Waals surface area contributed by atoms with Crippen molar-refractivity contribution in [3.8, 4) is 11.3 Å². The van der Waals surface area contributed by atoms with Gasteiger partial charge in [-0.3, -0.25) is 4.79 Å². The van der Waals surface area contributed by atoms with Crippen molar-refractivity contribution < 1.29 is 14.3 Å². The van der Waals surface area contributed by atoms with E-state index in [1.165, 1.54) is 0 Å². The number of ether oxygens (including phenoxy) is 1. The van der Waals surface area contributed by atoms with Gasteiger partial charge < -0.3 is 14.6 Å². The predicted molar refractivity (Wildman–Crippen MR) is 103 cm³/mol. The molecule has 5 nitrogen and oxygen atoms in total. The number of nitrogens with one attached hydrogen (secondary N) is 1. The minimum atomic E-state index is -0.362. The molecule has 1 atom stereocenters. The largest absolute Gasteiger partial charge is 0.462 e. The summed E-state index contributed by atoms with van der Waals surface area (Å²) in [6.07, 6.45) is 0.870. The van der Waals surface area contributed by atoms with Crippen molar-refractivity contribution in [3.05, 3.63) is 47.2 Å². The first kappa shape index (κ1) is 19.8.